The second kappa shape index (κ2) is 8.46. The lowest BCUT2D eigenvalue weighted by atomic mass is 10.0. The Kier molecular flexibility index (Phi) is 5.82. The van der Waals surface area contributed by atoms with Crippen molar-refractivity contribution in [2.75, 3.05) is 49.3 Å². The molecule has 2 aromatic rings. The first-order valence-corrected chi connectivity index (χ1v) is 10.5. The maximum absolute atomic E-state index is 13.8. The molecule has 0 amide bonds. The van der Waals surface area contributed by atoms with E-state index in [0.717, 1.165) is 12.0 Å². The van der Waals surface area contributed by atoms with Gasteiger partial charge in [-0.05, 0) is 31.4 Å². The van der Waals surface area contributed by atoms with Crippen molar-refractivity contribution in [3.8, 4) is 12.2 Å². The van der Waals surface area contributed by atoms with Gasteiger partial charge >= 0.3 is 12.2 Å². The van der Waals surface area contributed by atoms with Gasteiger partial charge in [0.2, 0.25) is 0 Å². The summed E-state index contributed by atoms with van der Waals surface area (Å²) < 4.78 is 46.8. The van der Waals surface area contributed by atoms with Crippen LogP contribution < -0.4 is 20.3 Å². The van der Waals surface area contributed by atoms with Crippen LogP contribution in [-0.2, 0) is 19.1 Å². The second-order valence-corrected chi connectivity index (χ2v) is 8.29. The zero-order chi connectivity index (χ0) is 23.9. The zero-order valence-corrected chi connectivity index (χ0v) is 18.6. The molecule has 0 saturated carbocycles. The monoisotopic (exact) mass is 462 g/mol. The number of hydrogen-bond donors (Lipinski definition) is 1. The SMILES string of the molecule is COc1nc2c(c(N(C)C3CCN(C#N)C3)n1)CCN(c1nc(N)cc(C)c1C(F)(F)F)C2. The number of anilines is 3. The van der Waals surface area contributed by atoms with Crippen LogP contribution in [-0.4, -0.2) is 59.7 Å². The number of halogens is 3. The maximum Gasteiger partial charge on any atom is 0.420 e. The minimum Gasteiger partial charge on any atom is -0.467 e. The number of nitriles is 1. The molecule has 4 heterocycles. The topological polar surface area (TPSA) is 107 Å². The molecule has 1 fully saturated rings. The highest BCUT2D eigenvalue weighted by molar-refractivity contribution is 5.60. The number of fused-ring (bicyclic) bond motifs is 1. The van der Waals surface area contributed by atoms with Crippen LogP contribution in [0.25, 0.3) is 0 Å². The number of nitrogens with two attached hydrogens (primary N) is 1. The first-order valence-electron chi connectivity index (χ1n) is 10.5. The van der Waals surface area contributed by atoms with Gasteiger partial charge in [0.25, 0.3) is 0 Å². The number of likely N-dealkylation sites (N-methyl/N-ethyl adjacent to an activating group) is 1. The quantitative estimate of drug-likeness (QED) is 0.685. The summed E-state index contributed by atoms with van der Waals surface area (Å²) in [5.41, 5.74) is 6.47. The number of aryl methyl sites for hydroxylation is 1. The zero-order valence-electron chi connectivity index (χ0n) is 18.6. The third-order valence-corrected chi connectivity index (χ3v) is 6.19. The number of hydrogen-bond acceptors (Lipinski definition) is 9. The number of nitrogens with zero attached hydrogens (tertiary/aromatic N) is 7. The van der Waals surface area contributed by atoms with Gasteiger partial charge in [0.1, 0.15) is 23.0 Å². The van der Waals surface area contributed by atoms with Crippen molar-refractivity contribution in [1.82, 2.24) is 19.9 Å². The van der Waals surface area contributed by atoms with E-state index in [4.69, 9.17) is 10.5 Å². The normalized spacial score (nSPS) is 18.2. The van der Waals surface area contributed by atoms with E-state index in [-0.39, 0.29) is 35.8 Å². The van der Waals surface area contributed by atoms with Crippen molar-refractivity contribution in [2.24, 2.45) is 0 Å². The van der Waals surface area contributed by atoms with Crippen LogP contribution in [0.15, 0.2) is 6.07 Å². The number of methoxy groups -OCH3 is 1. The Morgan fingerprint density at radius 1 is 1.27 bits per heavy atom. The average Bonchev–Trinajstić information content (AvgIpc) is 3.25. The van der Waals surface area contributed by atoms with Crippen molar-refractivity contribution in [3.63, 3.8) is 0 Å². The van der Waals surface area contributed by atoms with Crippen LogP contribution in [0.2, 0.25) is 0 Å². The van der Waals surface area contributed by atoms with E-state index >= 15 is 0 Å². The molecule has 0 aromatic carbocycles. The summed E-state index contributed by atoms with van der Waals surface area (Å²) in [6.45, 7) is 3.05. The molecule has 0 bridgehead atoms. The smallest absolute Gasteiger partial charge is 0.420 e. The molecular formula is C21H25F3N8O. The fourth-order valence-electron chi connectivity index (χ4n) is 4.53. The van der Waals surface area contributed by atoms with Crippen LogP contribution in [0.5, 0.6) is 6.01 Å². The molecule has 12 heteroatoms. The van der Waals surface area contributed by atoms with E-state index < -0.39 is 11.7 Å². The van der Waals surface area contributed by atoms with Gasteiger partial charge in [-0.15, -0.1) is 0 Å². The highest BCUT2D eigenvalue weighted by Crippen LogP contribution is 2.40. The fraction of sp³-hybridized carbons (Fsp3) is 0.524. The molecule has 9 nitrogen and oxygen atoms in total. The molecule has 33 heavy (non-hydrogen) atoms. The second-order valence-electron chi connectivity index (χ2n) is 8.29. The number of likely N-dealkylation sites (tertiary alicyclic amines) is 1. The van der Waals surface area contributed by atoms with Gasteiger partial charge in [-0.1, -0.05) is 0 Å². The van der Waals surface area contributed by atoms with Gasteiger partial charge in [-0.25, -0.2) is 4.98 Å². The molecule has 1 unspecified atom stereocenters. The number of rotatable bonds is 4. The van der Waals surface area contributed by atoms with Gasteiger partial charge in [0.15, 0.2) is 6.19 Å². The Bertz CT molecular complexity index is 1100. The van der Waals surface area contributed by atoms with Crippen LogP contribution in [0.1, 0.15) is 28.8 Å². The first-order chi connectivity index (χ1) is 15.6. The standard InChI is InChI=1S/C21H25F3N8O/c1-12-8-16(26)28-19(17(12)21(22,23)24)32-7-5-14-15(10-32)27-20(33-3)29-18(14)30(2)13-4-6-31(9-13)11-25/h8,13H,4-7,9-10H2,1-3H3,(H2,26,28). The van der Waals surface area contributed by atoms with Gasteiger partial charge < -0.3 is 25.2 Å². The van der Waals surface area contributed by atoms with E-state index in [0.29, 0.717) is 37.6 Å². The summed E-state index contributed by atoms with van der Waals surface area (Å²) >= 11 is 0. The molecule has 0 radical (unpaired) electrons. The molecule has 2 aliphatic rings. The van der Waals surface area contributed by atoms with Crippen LogP contribution in [0, 0.1) is 18.4 Å². The summed E-state index contributed by atoms with van der Waals surface area (Å²) in [5.74, 6) is 0.512. The third-order valence-electron chi connectivity index (χ3n) is 6.19. The fourth-order valence-corrected chi connectivity index (χ4v) is 4.53. The Labute approximate surface area is 189 Å². The third kappa shape index (κ3) is 4.27. The van der Waals surface area contributed by atoms with Crippen LogP contribution in [0.4, 0.5) is 30.6 Å². The summed E-state index contributed by atoms with van der Waals surface area (Å²) in [7, 11) is 3.36. The molecule has 2 N–H and O–H groups in total. The Morgan fingerprint density at radius 2 is 2.03 bits per heavy atom. The van der Waals surface area contributed by atoms with Gasteiger partial charge in [-0.3, -0.25) is 0 Å². The van der Waals surface area contributed by atoms with Crippen molar-refractivity contribution in [1.29, 1.82) is 5.26 Å². The highest BCUT2D eigenvalue weighted by Gasteiger charge is 2.39. The van der Waals surface area contributed by atoms with Crippen molar-refractivity contribution >= 4 is 17.5 Å². The molecule has 2 aromatic heterocycles. The van der Waals surface area contributed by atoms with E-state index in [1.54, 1.807) is 9.80 Å². The molecule has 0 aliphatic carbocycles. The number of ether oxygens (including phenoxy) is 1. The summed E-state index contributed by atoms with van der Waals surface area (Å²) in [5, 5.41) is 9.18. The van der Waals surface area contributed by atoms with E-state index in [2.05, 4.69) is 21.1 Å². The van der Waals surface area contributed by atoms with E-state index in [9.17, 15) is 18.4 Å². The first kappa shape index (κ1) is 22.7. The number of nitrogen functional groups attached to an aromatic ring is 1. The average molecular weight is 462 g/mol. The molecule has 1 atom stereocenters. The molecule has 1 saturated heterocycles. The summed E-state index contributed by atoms with van der Waals surface area (Å²) in [6, 6.07) is 1.45. The Hall–Kier alpha value is -3.49. The van der Waals surface area contributed by atoms with Crippen molar-refractivity contribution in [2.45, 2.75) is 38.5 Å². The van der Waals surface area contributed by atoms with Crippen molar-refractivity contribution < 1.29 is 17.9 Å². The van der Waals surface area contributed by atoms with Gasteiger partial charge in [0, 0.05) is 32.2 Å². The van der Waals surface area contributed by atoms with Crippen molar-refractivity contribution in [3.05, 3.63) is 28.5 Å². The molecule has 2 aliphatic heterocycles. The minimum atomic E-state index is -4.57. The lowest BCUT2D eigenvalue weighted by Crippen LogP contribution is -2.38. The van der Waals surface area contributed by atoms with E-state index in [1.807, 2.05) is 11.9 Å². The Balaban J connectivity index is 1.71. The number of aromatic nitrogens is 3. The number of alkyl halides is 3. The van der Waals surface area contributed by atoms with Gasteiger partial charge in [-0.2, -0.15) is 28.4 Å². The lowest BCUT2D eigenvalue weighted by Gasteiger charge is -2.34. The Morgan fingerprint density at radius 3 is 2.67 bits per heavy atom. The lowest BCUT2D eigenvalue weighted by molar-refractivity contribution is -0.137. The molecule has 0 spiro atoms. The highest BCUT2D eigenvalue weighted by atomic mass is 19.4. The largest absolute Gasteiger partial charge is 0.467 e. The van der Waals surface area contributed by atoms with Crippen LogP contribution >= 0.6 is 0 Å². The summed E-state index contributed by atoms with van der Waals surface area (Å²) in [4.78, 5) is 18.3. The number of pyridine rings is 1. The molecule has 176 valence electrons. The minimum absolute atomic E-state index is 0.0276. The maximum atomic E-state index is 13.8. The van der Waals surface area contributed by atoms with Crippen LogP contribution in [0.3, 0.4) is 0 Å². The van der Waals surface area contributed by atoms with E-state index in [1.165, 1.54) is 20.1 Å². The predicted octanol–water partition coefficient (Wildman–Crippen LogP) is 2.34. The van der Waals surface area contributed by atoms with Gasteiger partial charge in [0.05, 0.1) is 25.4 Å². The molecular weight excluding hydrogens is 437 g/mol. The summed E-state index contributed by atoms with van der Waals surface area (Å²) in [6.07, 6.45) is -1.16. The molecule has 4 rings (SSSR count). The predicted molar refractivity (Wildman–Crippen MR) is 116 cm³/mol.